The summed E-state index contributed by atoms with van der Waals surface area (Å²) in [6.45, 7) is 8.63. The van der Waals surface area contributed by atoms with E-state index in [1.807, 2.05) is 43.5 Å². The second-order valence-electron chi connectivity index (χ2n) is 12.2. The summed E-state index contributed by atoms with van der Waals surface area (Å²) in [6, 6.07) is 29.0. The molecule has 6 heteroatoms. The van der Waals surface area contributed by atoms with E-state index in [0.29, 0.717) is 5.71 Å². The van der Waals surface area contributed by atoms with Gasteiger partial charge in [-0.1, -0.05) is 17.0 Å². The third-order valence-electron chi connectivity index (χ3n) is 7.65. The molecule has 0 aliphatic rings. The predicted molar refractivity (Wildman–Crippen MR) is 178 cm³/mol. The summed E-state index contributed by atoms with van der Waals surface area (Å²) in [5.74, 6) is 8.07. The average Bonchev–Trinajstić information content (AvgIpc) is 3.34. The number of aromatic nitrogens is 3. The SMILES string of the molecule is CCC(C)Cc1cc(-c2[c-]cccc2)nc[c]1[Ge]([CH3])([CH3])[CH3].Cc1ccnc(-c2[c-]cc3oc4nc(C)ccc4c3c2)c1.[Ir]. The molecule has 0 N–H and O–H groups in total. The smallest absolute Gasteiger partial charge is 0.216 e. The van der Waals surface area contributed by atoms with E-state index in [0.717, 1.165) is 56.9 Å². The maximum Gasteiger partial charge on any atom is 0.216 e. The van der Waals surface area contributed by atoms with Crippen LogP contribution in [0.4, 0.5) is 0 Å². The average molecular weight is 807 g/mol. The molecule has 1 atom stereocenters. The number of hydrogen-bond acceptors (Lipinski definition) is 4. The summed E-state index contributed by atoms with van der Waals surface area (Å²) in [5, 5.41) is 2.08. The Labute approximate surface area is 272 Å². The van der Waals surface area contributed by atoms with Crippen LogP contribution in [0.2, 0.25) is 17.3 Å². The van der Waals surface area contributed by atoms with E-state index in [2.05, 4.69) is 103 Å². The second-order valence-corrected chi connectivity index (χ2v) is 22.8. The summed E-state index contributed by atoms with van der Waals surface area (Å²) >= 11 is -1.87. The van der Waals surface area contributed by atoms with Gasteiger partial charge >= 0.3 is 132 Å². The Hall–Kier alpha value is -3.12. The van der Waals surface area contributed by atoms with Crippen molar-refractivity contribution < 1.29 is 24.5 Å². The van der Waals surface area contributed by atoms with Crippen LogP contribution in [-0.4, -0.2) is 28.2 Å². The van der Waals surface area contributed by atoms with Gasteiger partial charge in [0, 0.05) is 37.4 Å². The van der Waals surface area contributed by atoms with Crippen molar-refractivity contribution in [1.29, 1.82) is 0 Å². The third kappa shape index (κ3) is 7.89. The molecule has 0 spiro atoms. The van der Waals surface area contributed by atoms with E-state index < -0.39 is 13.3 Å². The normalized spacial score (nSPS) is 12.0. The fraction of sp³-hybridized carbons (Fsp3) is 0.270. The second kappa shape index (κ2) is 14.1. The van der Waals surface area contributed by atoms with Gasteiger partial charge < -0.3 is 9.40 Å². The van der Waals surface area contributed by atoms with Crippen LogP contribution in [0.3, 0.4) is 0 Å². The number of aryl methyl sites for hydroxylation is 2. The zero-order chi connectivity index (χ0) is 29.9. The summed E-state index contributed by atoms with van der Waals surface area (Å²) in [6.07, 6.45) is 6.36. The Morgan fingerprint density at radius 2 is 1.67 bits per heavy atom. The molecule has 4 heterocycles. The summed E-state index contributed by atoms with van der Waals surface area (Å²) in [7, 11) is 0. The van der Waals surface area contributed by atoms with Crippen LogP contribution in [0.5, 0.6) is 0 Å². The number of rotatable bonds is 6. The molecule has 0 aliphatic carbocycles. The van der Waals surface area contributed by atoms with Gasteiger partial charge in [0.25, 0.3) is 0 Å². The van der Waals surface area contributed by atoms with Crippen molar-refractivity contribution in [2.75, 3.05) is 0 Å². The van der Waals surface area contributed by atoms with E-state index >= 15 is 0 Å². The van der Waals surface area contributed by atoms with Crippen LogP contribution < -0.4 is 4.40 Å². The minimum Gasteiger partial charge on any atom is -0.486 e. The molecule has 2 aromatic carbocycles. The van der Waals surface area contributed by atoms with Gasteiger partial charge in [-0.3, -0.25) is 0 Å². The van der Waals surface area contributed by atoms with Gasteiger partial charge in [-0.2, -0.15) is 0 Å². The molecular weight excluding hydrogens is 767 g/mol. The first-order valence-electron chi connectivity index (χ1n) is 14.7. The van der Waals surface area contributed by atoms with E-state index in [4.69, 9.17) is 9.40 Å². The maximum atomic E-state index is 5.79. The number of pyridine rings is 3. The minimum atomic E-state index is -1.87. The Morgan fingerprint density at radius 3 is 2.37 bits per heavy atom. The van der Waals surface area contributed by atoms with Crippen molar-refractivity contribution in [1.82, 2.24) is 15.0 Å². The van der Waals surface area contributed by atoms with Gasteiger partial charge in [0.15, 0.2) is 0 Å². The molecule has 6 rings (SSSR count). The fourth-order valence-corrected chi connectivity index (χ4v) is 8.42. The monoisotopic (exact) mass is 808 g/mol. The number of furan rings is 1. The molecule has 223 valence electrons. The van der Waals surface area contributed by atoms with Crippen molar-refractivity contribution in [3.05, 3.63) is 108 Å². The van der Waals surface area contributed by atoms with Gasteiger partial charge in [-0.25, -0.2) is 4.98 Å². The zero-order valence-electron chi connectivity index (χ0n) is 26.1. The summed E-state index contributed by atoms with van der Waals surface area (Å²) in [5.41, 5.74) is 9.17. The quantitative estimate of drug-likeness (QED) is 0.125. The molecule has 1 unspecified atom stereocenters. The van der Waals surface area contributed by atoms with Crippen LogP contribution >= 0.6 is 0 Å². The van der Waals surface area contributed by atoms with Gasteiger partial charge in [-0.15, -0.1) is 23.8 Å². The molecule has 6 aromatic rings. The molecular formula is C37H39GeIrN3O-2. The molecule has 4 aromatic heterocycles. The van der Waals surface area contributed by atoms with E-state index in [-0.39, 0.29) is 20.1 Å². The van der Waals surface area contributed by atoms with Crippen molar-refractivity contribution >= 4 is 39.7 Å². The molecule has 4 nitrogen and oxygen atoms in total. The van der Waals surface area contributed by atoms with Gasteiger partial charge in [0.05, 0.1) is 5.58 Å². The summed E-state index contributed by atoms with van der Waals surface area (Å²) < 4.78 is 7.34. The van der Waals surface area contributed by atoms with Crippen molar-refractivity contribution in [3.63, 3.8) is 0 Å². The Balaban J connectivity index is 0.000000192. The Kier molecular flexibility index (Phi) is 10.8. The first-order chi connectivity index (χ1) is 20.1. The molecule has 0 bridgehead atoms. The molecule has 0 aliphatic heterocycles. The first-order valence-corrected chi connectivity index (χ1v) is 22.1. The Morgan fingerprint density at radius 1 is 0.884 bits per heavy atom. The van der Waals surface area contributed by atoms with Crippen molar-refractivity contribution in [3.8, 4) is 22.5 Å². The van der Waals surface area contributed by atoms with Crippen LogP contribution in [0, 0.1) is 31.9 Å². The van der Waals surface area contributed by atoms with E-state index in [1.54, 1.807) is 4.40 Å². The Bertz CT molecular complexity index is 1830. The number of nitrogens with zero attached hydrogens (tertiary/aromatic N) is 3. The standard InChI is InChI=1S/C19H26GeN.C18H13N2O.Ir/c1-6-15(2)12-17-13-19(16-10-8-7-9-11-16)21-14-18(17)20(3,4)5;1-11-7-8-19-16(9-11)13-4-6-17-15(10-13)14-5-3-12(2)20-18(14)21-17;/h7-10,13-15H,6,12H2,1-5H3;3,5-10H,1-2H3;/q2*-1;. The van der Waals surface area contributed by atoms with E-state index in [9.17, 15) is 0 Å². The van der Waals surface area contributed by atoms with Gasteiger partial charge in [0.2, 0.25) is 5.71 Å². The molecule has 43 heavy (non-hydrogen) atoms. The van der Waals surface area contributed by atoms with Crippen LogP contribution in [0.1, 0.15) is 37.1 Å². The number of benzene rings is 2. The number of fused-ring (bicyclic) bond motifs is 3. The zero-order valence-corrected chi connectivity index (χ0v) is 30.6. The third-order valence-corrected chi connectivity index (χ3v) is 12.0. The minimum absolute atomic E-state index is 0. The van der Waals surface area contributed by atoms with Crippen molar-refractivity contribution in [2.45, 2.75) is 57.8 Å². The number of hydrogen-bond donors (Lipinski definition) is 0. The van der Waals surface area contributed by atoms with Crippen LogP contribution in [-0.2, 0) is 26.5 Å². The fourth-order valence-electron chi connectivity index (χ4n) is 5.09. The molecule has 0 fully saturated rings. The first kappa shape index (κ1) is 32.8. The topological polar surface area (TPSA) is 51.8 Å². The van der Waals surface area contributed by atoms with Crippen molar-refractivity contribution in [2.24, 2.45) is 5.92 Å². The summed E-state index contributed by atoms with van der Waals surface area (Å²) in [4.78, 5) is 13.6. The van der Waals surface area contributed by atoms with Gasteiger partial charge in [-0.05, 0) is 37.7 Å². The predicted octanol–water partition coefficient (Wildman–Crippen LogP) is 9.14. The molecule has 1 radical (unpaired) electrons. The van der Waals surface area contributed by atoms with Crippen LogP contribution in [0.15, 0.2) is 83.5 Å². The largest absolute Gasteiger partial charge is 0.486 e. The van der Waals surface area contributed by atoms with E-state index in [1.165, 1.54) is 17.5 Å². The van der Waals surface area contributed by atoms with Gasteiger partial charge in [0.1, 0.15) is 0 Å². The van der Waals surface area contributed by atoms with Crippen LogP contribution in [0.25, 0.3) is 44.6 Å². The molecule has 0 saturated heterocycles. The maximum absolute atomic E-state index is 5.79. The molecule has 0 amide bonds. The molecule has 0 saturated carbocycles.